The first-order valence-corrected chi connectivity index (χ1v) is 6.43. The number of rotatable bonds is 5. The van der Waals surface area contributed by atoms with Crippen LogP contribution in [0.1, 0.15) is 15.9 Å². The monoisotopic (exact) mass is 281 g/mol. The summed E-state index contributed by atoms with van der Waals surface area (Å²) < 4.78 is 0. The van der Waals surface area contributed by atoms with E-state index in [0.29, 0.717) is 12.0 Å². The number of para-hydroxylation sites is 1. The summed E-state index contributed by atoms with van der Waals surface area (Å²) in [5.41, 5.74) is 1.67. The van der Waals surface area contributed by atoms with E-state index in [1.807, 2.05) is 30.3 Å². The summed E-state index contributed by atoms with van der Waals surface area (Å²) in [5.74, 6) is -1.47. The number of benzene rings is 2. The van der Waals surface area contributed by atoms with Gasteiger partial charge in [0.15, 0.2) is 0 Å². The molecule has 2 aromatic rings. The number of carbonyl (C=O) groups is 2. The molecule has 2 rings (SSSR count). The molecule has 0 atom stereocenters. The molecule has 0 fully saturated rings. The van der Waals surface area contributed by atoms with Crippen molar-refractivity contribution in [2.75, 3.05) is 5.32 Å². The van der Waals surface area contributed by atoms with Crippen LogP contribution in [0.4, 0.5) is 5.69 Å². The minimum Gasteiger partial charge on any atom is -0.478 e. The lowest BCUT2D eigenvalue weighted by molar-refractivity contribution is -0.112. The topological polar surface area (TPSA) is 66.4 Å². The zero-order valence-corrected chi connectivity index (χ0v) is 11.4. The highest BCUT2D eigenvalue weighted by Crippen LogP contribution is 2.16. The van der Waals surface area contributed by atoms with Crippen LogP contribution in [0, 0.1) is 0 Å². The number of aromatic carboxylic acids is 1. The molecule has 0 aliphatic carbocycles. The molecule has 0 spiro atoms. The highest BCUT2D eigenvalue weighted by molar-refractivity contribution is 6.07. The minimum absolute atomic E-state index is 0.0540. The van der Waals surface area contributed by atoms with Crippen LogP contribution in [0.2, 0.25) is 0 Å². The van der Waals surface area contributed by atoms with Crippen molar-refractivity contribution in [1.29, 1.82) is 0 Å². The van der Waals surface area contributed by atoms with E-state index in [0.717, 1.165) is 5.56 Å². The van der Waals surface area contributed by atoms with Crippen molar-refractivity contribution in [1.82, 2.24) is 0 Å². The zero-order valence-electron chi connectivity index (χ0n) is 11.4. The van der Waals surface area contributed by atoms with E-state index in [2.05, 4.69) is 11.9 Å². The van der Waals surface area contributed by atoms with E-state index in [1.165, 1.54) is 6.07 Å². The zero-order chi connectivity index (χ0) is 15.2. The molecule has 0 saturated carbocycles. The number of anilines is 1. The van der Waals surface area contributed by atoms with Crippen molar-refractivity contribution in [3.05, 3.63) is 77.9 Å². The summed E-state index contributed by atoms with van der Waals surface area (Å²) in [7, 11) is 0. The highest BCUT2D eigenvalue weighted by atomic mass is 16.4. The number of nitrogens with one attached hydrogen (secondary N) is 1. The Labute approximate surface area is 122 Å². The van der Waals surface area contributed by atoms with Gasteiger partial charge in [-0.1, -0.05) is 49.0 Å². The predicted molar refractivity (Wildman–Crippen MR) is 81.3 cm³/mol. The molecule has 0 aromatic heterocycles. The second-order valence-corrected chi connectivity index (χ2v) is 4.57. The van der Waals surface area contributed by atoms with Gasteiger partial charge in [-0.25, -0.2) is 4.79 Å². The SMILES string of the molecule is C=C(Cc1ccccc1)C(=O)Nc1ccccc1C(=O)O. The Bertz CT molecular complexity index is 677. The molecule has 106 valence electrons. The molecule has 0 bridgehead atoms. The number of carboxylic acids is 1. The van der Waals surface area contributed by atoms with Gasteiger partial charge in [-0.2, -0.15) is 0 Å². The van der Waals surface area contributed by atoms with E-state index in [-0.39, 0.29) is 17.2 Å². The van der Waals surface area contributed by atoms with Gasteiger partial charge in [0.2, 0.25) is 0 Å². The Morgan fingerprint density at radius 1 is 1.00 bits per heavy atom. The van der Waals surface area contributed by atoms with Gasteiger partial charge in [0.05, 0.1) is 11.3 Å². The third kappa shape index (κ3) is 3.79. The van der Waals surface area contributed by atoms with Gasteiger partial charge in [0.25, 0.3) is 5.91 Å². The lowest BCUT2D eigenvalue weighted by atomic mass is 10.1. The molecule has 2 N–H and O–H groups in total. The van der Waals surface area contributed by atoms with Crippen LogP contribution in [0.15, 0.2) is 66.7 Å². The number of hydrogen-bond acceptors (Lipinski definition) is 2. The standard InChI is InChI=1S/C17H15NO3/c1-12(11-13-7-3-2-4-8-13)16(19)18-15-10-6-5-9-14(15)17(20)21/h2-10H,1,11H2,(H,18,19)(H,20,21). The van der Waals surface area contributed by atoms with Gasteiger partial charge in [-0.05, 0) is 17.7 Å². The fourth-order valence-electron chi connectivity index (χ4n) is 1.91. The van der Waals surface area contributed by atoms with Crippen molar-refractivity contribution in [3.63, 3.8) is 0 Å². The third-order valence-corrected chi connectivity index (χ3v) is 2.99. The van der Waals surface area contributed by atoms with Crippen LogP contribution in [0.3, 0.4) is 0 Å². The van der Waals surface area contributed by atoms with Gasteiger partial charge in [0, 0.05) is 12.0 Å². The quantitative estimate of drug-likeness (QED) is 0.827. The molecule has 4 nitrogen and oxygen atoms in total. The van der Waals surface area contributed by atoms with E-state index >= 15 is 0 Å². The average Bonchev–Trinajstić information content (AvgIpc) is 2.48. The Morgan fingerprint density at radius 3 is 2.29 bits per heavy atom. The van der Waals surface area contributed by atoms with Gasteiger partial charge >= 0.3 is 5.97 Å². The molecule has 0 aliphatic heterocycles. The van der Waals surface area contributed by atoms with Gasteiger partial charge in [-0.3, -0.25) is 4.79 Å². The highest BCUT2D eigenvalue weighted by Gasteiger charge is 2.13. The second-order valence-electron chi connectivity index (χ2n) is 4.57. The summed E-state index contributed by atoms with van der Waals surface area (Å²) in [6, 6.07) is 15.8. The third-order valence-electron chi connectivity index (χ3n) is 2.99. The Hall–Kier alpha value is -2.88. The molecule has 1 amide bonds. The van der Waals surface area contributed by atoms with Crippen LogP contribution < -0.4 is 5.32 Å². The molecular weight excluding hydrogens is 266 g/mol. The summed E-state index contributed by atoms with van der Waals surface area (Å²) >= 11 is 0. The van der Waals surface area contributed by atoms with E-state index in [4.69, 9.17) is 5.11 Å². The molecule has 0 saturated heterocycles. The summed E-state index contributed by atoms with van der Waals surface area (Å²) in [5, 5.41) is 11.7. The molecule has 0 radical (unpaired) electrons. The normalized spacial score (nSPS) is 9.90. The van der Waals surface area contributed by atoms with E-state index in [9.17, 15) is 9.59 Å². The molecule has 21 heavy (non-hydrogen) atoms. The largest absolute Gasteiger partial charge is 0.478 e. The predicted octanol–water partition coefficient (Wildman–Crippen LogP) is 3.12. The first-order valence-electron chi connectivity index (χ1n) is 6.43. The van der Waals surface area contributed by atoms with Crippen LogP contribution in [0.25, 0.3) is 0 Å². The number of hydrogen-bond donors (Lipinski definition) is 2. The maximum atomic E-state index is 12.1. The Morgan fingerprint density at radius 2 is 1.62 bits per heavy atom. The maximum absolute atomic E-state index is 12.1. The first-order chi connectivity index (χ1) is 10.1. The number of carbonyl (C=O) groups excluding carboxylic acids is 1. The fourth-order valence-corrected chi connectivity index (χ4v) is 1.91. The number of carboxylic acid groups (broad SMARTS) is 1. The maximum Gasteiger partial charge on any atom is 0.337 e. The molecular formula is C17H15NO3. The van der Waals surface area contributed by atoms with Crippen molar-refractivity contribution < 1.29 is 14.7 Å². The fraction of sp³-hybridized carbons (Fsp3) is 0.0588. The van der Waals surface area contributed by atoms with Gasteiger partial charge in [0.1, 0.15) is 0 Å². The average molecular weight is 281 g/mol. The van der Waals surface area contributed by atoms with Gasteiger partial charge in [-0.15, -0.1) is 0 Å². The van der Waals surface area contributed by atoms with E-state index < -0.39 is 5.97 Å². The van der Waals surface area contributed by atoms with Crippen LogP contribution in [-0.2, 0) is 11.2 Å². The Balaban J connectivity index is 2.08. The molecule has 0 heterocycles. The second kappa shape index (κ2) is 6.52. The van der Waals surface area contributed by atoms with E-state index in [1.54, 1.807) is 18.2 Å². The molecule has 0 aliphatic rings. The lowest BCUT2D eigenvalue weighted by Gasteiger charge is -2.10. The smallest absolute Gasteiger partial charge is 0.337 e. The van der Waals surface area contributed by atoms with Crippen molar-refractivity contribution in [3.8, 4) is 0 Å². The summed E-state index contributed by atoms with van der Waals surface area (Å²) in [6.07, 6.45) is 0.419. The minimum atomic E-state index is -1.08. The van der Waals surface area contributed by atoms with Crippen molar-refractivity contribution in [2.45, 2.75) is 6.42 Å². The van der Waals surface area contributed by atoms with Gasteiger partial charge < -0.3 is 10.4 Å². The van der Waals surface area contributed by atoms with Crippen LogP contribution >= 0.6 is 0 Å². The number of amides is 1. The van der Waals surface area contributed by atoms with Crippen LogP contribution in [-0.4, -0.2) is 17.0 Å². The molecule has 4 heteroatoms. The van der Waals surface area contributed by atoms with Crippen molar-refractivity contribution in [2.24, 2.45) is 0 Å². The molecule has 2 aromatic carbocycles. The van der Waals surface area contributed by atoms with Crippen molar-refractivity contribution >= 4 is 17.6 Å². The van der Waals surface area contributed by atoms with Crippen LogP contribution in [0.5, 0.6) is 0 Å². The summed E-state index contributed by atoms with van der Waals surface area (Å²) in [6.45, 7) is 3.76. The lowest BCUT2D eigenvalue weighted by Crippen LogP contribution is -2.17. The summed E-state index contributed by atoms with van der Waals surface area (Å²) in [4.78, 5) is 23.2. The first kappa shape index (κ1) is 14.5. The Kier molecular flexibility index (Phi) is 4.51. The molecule has 0 unspecified atom stereocenters.